The third-order valence-corrected chi connectivity index (χ3v) is 12.0. The van der Waals surface area contributed by atoms with Gasteiger partial charge in [0.05, 0.1) is 16.7 Å². The van der Waals surface area contributed by atoms with Crippen molar-refractivity contribution in [1.29, 1.82) is 0 Å². The number of nitrogens with one attached hydrogen (secondary N) is 3. The normalized spacial score (nSPS) is 21.1. The molecule has 0 spiro atoms. The molecule has 3 amide bonds. The Hall–Kier alpha value is -3.35. The zero-order chi connectivity index (χ0) is 32.5. The van der Waals surface area contributed by atoms with E-state index in [1.165, 1.54) is 18.4 Å². The topological polar surface area (TPSA) is 121 Å². The third-order valence-electron chi connectivity index (χ3n) is 10.8. The van der Waals surface area contributed by atoms with Gasteiger partial charge in [-0.2, -0.15) is 5.10 Å². The number of pyridine rings is 1. The van der Waals surface area contributed by atoms with Crippen LogP contribution >= 0.6 is 11.8 Å². The molecule has 7 rings (SSSR count). The maximum Gasteiger partial charge on any atom is 0.318 e. The van der Waals surface area contributed by atoms with Crippen molar-refractivity contribution in [2.45, 2.75) is 74.9 Å². The monoisotopic (exact) mass is 660 g/mol. The number of thioether (sulfide) groups is 1. The second-order valence-corrected chi connectivity index (χ2v) is 15.1. The molecule has 0 aliphatic carbocycles. The molecule has 1 aromatic carbocycles. The van der Waals surface area contributed by atoms with Crippen molar-refractivity contribution in [3.05, 3.63) is 57.0 Å². The number of amides is 3. The van der Waals surface area contributed by atoms with Gasteiger partial charge in [0, 0.05) is 62.7 Å². The zero-order valence-electron chi connectivity index (χ0n) is 27.7. The summed E-state index contributed by atoms with van der Waals surface area (Å²) in [6.07, 6.45) is 8.17. The summed E-state index contributed by atoms with van der Waals surface area (Å²) >= 11 is 1.73. The van der Waals surface area contributed by atoms with Crippen LogP contribution < -0.4 is 10.9 Å². The van der Waals surface area contributed by atoms with Gasteiger partial charge in [0.2, 0.25) is 5.91 Å². The molecule has 3 aromatic rings. The Morgan fingerprint density at radius 2 is 1.77 bits per heavy atom. The summed E-state index contributed by atoms with van der Waals surface area (Å²) < 4.78 is 0. The van der Waals surface area contributed by atoms with E-state index < -0.39 is 6.04 Å². The lowest BCUT2D eigenvalue weighted by atomic mass is 9.89. The average molecular weight is 661 g/mol. The van der Waals surface area contributed by atoms with Gasteiger partial charge < -0.3 is 25.0 Å². The van der Waals surface area contributed by atoms with Gasteiger partial charge in [-0.15, -0.1) is 11.8 Å². The highest BCUT2D eigenvalue weighted by Crippen LogP contribution is 2.32. The summed E-state index contributed by atoms with van der Waals surface area (Å²) in [5.41, 5.74) is 5.16. The van der Waals surface area contributed by atoms with Crippen molar-refractivity contribution >= 4 is 34.6 Å². The average Bonchev–Trinajstić information content (AvgIpc) is 3.57. The molecule has 2 aromatic heterocycles. The summed E-state index contributed by atoms with van der Waals surface area (Å²) in [4.78, 5) is 52.7. The zero-order valence-corrected chi connectivity index (χ0v) is 28.5. The van der Waals surface area contributed by atoms with E-state index in [9.17, 15) is 14.4 Å². The number of carbonyl (C=O) groups is 2. The number of piperidine rings is 2. The number of hydrogen-bond donors (Lipinski definition) is 3. The summed E-state index contributed by atoms with van der Waals surface area (Å²) in [5.74, 6) is 1.16. The number of H-pyrrole nitrogens is 2. The number of nitrogens with zero attached hydrogens (tertiary/aromatic N) is 5. The van der Waals surface area contributed by atoms with Gasteiger partial charge in [-0.3, -0.25) is 19.6 Å². The standard InChI is InChI=1S/C35H48N8O3S/c1-23-18-24(19-27-22-36-39-31(23)27)20-30(34(45)42-15-13-41(14-16-42)28-7-9-40(2)10-8-28)37-35(46)43-11-5-25(6-12-43)29-21-26-4-3-17-47-33(26)38-32(29)44/h18-19,21-22,25,28,30H,3-17,20H2,1-2H3,(H,36,39)(H,37,46)(H,38,44)/t30-/m0/s1. The Bertz CT molecular complexity index is 1650. The Balaban J connectivity index is 1.02. The van der Waals surface area contributed by atoms with E-state index in [0.717, 1.165) is 90.2 Å². The Morgan fingerprint density at radius 1 is 1.00 bits per heavy atom. The number of carbonyl (C=O) groups excluding carboxylic acids is 2. The van der Waals surface area contributed by atoms with Crippen LogP contribution in [0.1, 0.15) is 60.3 Å². The number of rotatable bonds is 6. The first-order valence-corrected chi connectivity index (χ1v) is 18.4. The number of aromatic amines is 2. The molecule has 11 nitrogen and oxygen atoms in total. The number of urea groups is 1. The molecule has 252 valence electrons. The lowest BCUT2D eigenvalue weighted by Crippen LogP contribution is -2.59. The van der Waals surface area contributed by atoms with E-state index in [1.54, 1.807) is 18.0 Å². The molecule has 3 N–H and O–H groups in total. The fourth-order valence-electron chi connectivity index (χ4n) is 8.02. The predicted octanol–water partition coefficient (Wildman–Crippen LogP) is 3.34. The molecule has 47 heavy (non-hydrogen) atoms. The molecule has 3 fully saturated rings. The van der Waals surface area contributed by atoms with Crippen LogP contribution in [0, 0.1) is 6.92 Å². The van der Waals surface area contributed by atoms with E-state index >= 15 is 0 Å². The molecule has 0 bridgehead atoms. The van der Waals surface area contributed by atoms with E-state index in [1.807, 2.05) is 16.7 Å². The molecule has 0 unspecified atom stereocenters. The largest absolute Gasteiger partial charge is 0.338 e. The van der Waals surface area contributed by atoms with E-state index in [4.69, 9.17) is 0 Å². The van der Waals surface area contributed by atoms with Crippen molar-refractivity contribution in [3.63, 3.8) is 0 Å². The SMILES string of the molecule is Cc1cc(C[C@H](NC(=O)N2CCC(c3cc4c([nH]c3=O)SCCC4)CC2)C(=O)N2CCN(C3CCN(C)CC3)CC2)cc2cn[nH]c12. The molecule has 0 saturated carbocycles. The molecule has 6 heterocycles. The van der Waals surface area contributed by atoms with Crippen LogP contribution in [0.3, 0.4) is 0 Å². The smallest absolute Gasteiger partial charge is 0.318 e. The molecular weight excluding hydrogens is 613 g/mol. The molecule has 4 aliphatic heterocycles. The van der Waals surface area contributed by atoms with Gasteiger partial charge in [0.25, 0.3) is 5.56 Å². The first kappa shape index (κ1) is 32.2. The minimum atomic E-state index is -0.667. The Kier molecular flexibility index (Phi) is 9.61. The number of aryl methyl sites for hydroxylation is 2. The van der Waals surface area contributed by atoms with Crippen LogP contribution in [-0.4, -0.2) is 124 Å². The lowest BCUT2D eigenvalue weighted by molar-refractivity contribution is -0.135. The molecule has 3 saturated heterocycles. The second kappa shape index (κ2) is 14.0. The summed E-state index contributed by atoms with van der Waals surface area (Å²) in [6.45, 7) is 8.49. The van der Waals surface area contributed by atoms with Gasteiger partial charge in [-0.05, 0) is 106 Å². The van der Waals surface area contributed by atoms with E-state index in [0.29, 0.717) is 38.6 Å². The van der Waals surface area contributed by atoms with Crippen LogP contribution in [0.25, 0.3) is 10.9 Å². The lowest BCUT2D eigenvalue weighted by Gasteiger charge is -2.43. The first-order valence-electron chi connectivity index (χ1n) is 17.4. The van der Waals surface area contributed by atoms with Gasteiger partial charge >= 0.3 is 6.03 Å². The van der Waals surface area contributed by atoms with Gasteiger partial charge in [-0.25, -0.2) is 4.79 Å². The maximum absolute atomic E-state index is 14.1. The Morgan fingerprint density at radius 3 is 2.53 bits per heavy atom. The summed E-state index contributed by atoms with van der Waals surface area (Å²) in [5, 5.41) is 12.4. The minimum Gasteiger partial charge on any atom is -0.338 e. The van der Waals surface area contributed by atoms with E-state index in [2.05, 4.69) is 55.5 Å². The number of hydrogen-bond acceptors (Lipinski definition) is 7. The van der Waals surface area contributed by atoms with Crippen molar-refractivity contribution in [2.24, 2.45) is 0 Å². The van der Waals surface area contributed by atoms with Crippen LogP contribution in [0.5, 0.6) is 0 Å². The number of fused-ring (bicyclic) bond motifs is 2. The first-order chi connectivity index (χ1) is 22.8. The molecule has 1 atom stereocenters. The van der Waals surface area contributed by atoms with Crippen LogP contribution in [0.4, 0.5) is 4.79 Å². The quantitative estimate of drug-likeness (QED) is 0.371. The van der Waals surface area contributed by atoms with Crippen molar-refractivity contribution in [3.8, 4) is 0 Å². The number of benzene rings is 1. The van der Waals surface area contributed by atoms with Gasteiger partial charge in [0.15, 0.2) is 0 Å². The molecular formula is C35H48N8O3S. The van der Waals surface area contributed by atoms with Gasteiger partial charge in [-0.1, -0.05) is 6.07 Å². The second-order valence-electron chi connectivity index (χ2n) is 14.0. The van der Waals surface area contributed by atoms with Crippen molar-refractivity contribution in [1.82, 2.24) is 40.1 Å². The molecule has 0 radical (unpaired) electrons. The van der Waals surface area contributed by atoms with Crippen LogP contribution in [0.2, 0.25) is 0 Å². The molecule has 12 heteroatoms. The highest BCUT2D eigenvalue weighted by Gasteiger charge is 2.34. The summed E-state index contributed by atoms with van der Waals surface area (Å²) in [6, 6.07) is 5.98. The third kappa shape index (κ3) is 7.10. The predicted molar refractivity (Wildman–Crippen MR) is 185 cm³/mol. The van der Waals surface area contributed by atoms with Crippen LogP contribution in [-0.2, 0) is 17.6 Å². The maximum atomic E-state index is 14.1. The number of piperazine rings is 1. The highest BCUT2D eigenvalue weighted by molar-refractivity contribution is 7.99. The fraction of sp³-hybridized carbons (Fsp3) is 0.600. The molecule has 4 aliphatic rings. The Labute approximate surface area is 280 Å². The van der Waals surface area contributed by atoms with Crippen molar-refractivity contribution in [2.75, 3.05) is 65.2 Å². The van der Waals surface area contributed by atoms with E-state index in [-0.39, 0.29) is 23.4 Å². The fourth-order valence-corrected chi connectivity index (χ4v) is 9.02. The van der Waals surface area contributed by atoms with Crippen molar-refractivity contribution < 1.29 is 9.59 Å². The minimum absolute atomic E-state index is 0.00696. The van der Waals surface area contributed by atoms with Crippen LogP contribution in [0.15, 0.2) is 34.2 Å². The number of likely N-dealkylation sites (tertiary alicyclic amines) is 2. The number of aromatic nitrogens is 3. The summed E-state index contributed by atoms with van der Waals surface area (Å²) in [7, 11) is 2.19. The highest BCUT2D eigenvalue weighted by atomic mass is 32.2. The van der Waals surface area contributed by atoms with Gasteiger partial charge in [0.1, 0.15) is 6.04 Å².